The number of aliphatic hydroxyl groups is 2. The Morgan fingerprint density at radius 2 is 1.74 bits per heavy atom. The number of ether oxygens (including phenoxy) is 2. The van der Waals surface area contributed by atoms with E-state index < -0.39 is 18.3 Å². The largest absolute Gasteiger partial charge is 0.508 e. The first-order valence-corrected chi connectivity index (χ1v) is 6.88. The number of hydrogen-bond donors (Lipinski definition) is 5. The fraction of sp³-hybridized carbons (Fsp3) is 0.250. The summed E-state index contributed by atoms with van der Waals surface area (Å²) in [4.78, 5) is 0. The van der Waals surface area contributed by atoms with Crippen molar-refractivity contribution in [2.75, 3.05) is 7.11 Å². The first-order chi connectivity index (χ1) is 10.9. The zero-order valence-electron chi connectivity index (χ0n) is 12.2. The van der Waals surface area contributed by atoms with Crippen molar-refractivity contribution < 1.29 is 35.0 Å². The van der Waals surface area contributed by atoms with E-state index in [2.05, 4.69) is 0 Å². The predicted octanol–water partition coefficient (Wildman–Crippen LogP) is 1.34. The van der Waals surface area contributed by atoms with Gasteiger partial charge in [0.25, 0.3) is 0 Å². The maximum Gasteiger partial charge on any atom is 0.160 e. The molecule has 2 aromatic carbocycles. The fourth-order valence-electron chi connectivity index (χ4n) is 2.67. The number of phenols is 3. The first-order valence-electron chi connectivity index (χ1n) is 6.88. The van der Waals surface area contributed by atoms with Crippen LogP contribution in [0.25, 0.3) is 0 Å². The van der Waals surface area contributed by atoms with Crippen molar-refractivity contribution in [3.63, 3.8) is 0 Å². The van der Waals surface area contributed by atoms with E-state index in [4.69, 9.17) is 9.47 Å². The van der Waals surface area contributed by atoms with E-state index >= 15 is 0 Å². The molecule has 0 saturated carbocycles. The maximum absolute atomic E-state index is 10.3. The van der Waals surface area contributed by atoms with Gasteiger partial charge in [-0.25, -0.2) is 0 Å². The summed E-state index contributed by atoms with van der Waals surface area (Å²) >= 11 is 0. The van der Waals surface area contributed by atoms with Gasteiger partial charge in [0.2, 0.25) is 0 Å². The summed E-state index contributed by atoms with van der Waals surface area (Å²) in [6.07, 6.45) is -3.72. The number of hydrogen-bond acceptors (Lipinski definition) is 7. The van der Waals surface area contributed by atoms with Gasteiger partial charge < -0.3 is 35.0 Å². The van der Waals surface area contributed by atoms with Crippen LogP contribution < -0.4 is 9.47 Å². The molecule has 3 rings (SSSR count). The van der Waals surface area contributed by atoms with Crippen molar-refractivity contribution >= 4 is 0 Å². The van der Waals surface area contributed by atoms with Crippen LogP contribution >= 0.6 is 0 Å². The lowest BCUT2D eigenvalue weighted by molar-refractivity contribution is -0.0711. The summed E-state index contributed by atoms with van der Waals surface area (Å²) in [6, 6.07) is 6.68. The van der Waals surface area contributed by atoms with Gasteiger partial charge in [-0.05, 0) is 17.7 Å². The summed E-state index contributed by atoms with van der Waals surface area (Å²) in [5.74, 6) is -0.410. The van der Waals surface area contributed by atoms with Crippen LogP contribution in [-0.4, -0.2) is 38.7 Å². The van der Waals surface area contributed by atoms with Crippen molar-refractivity contribution in [3.8, 4) is 28.7 Å². The first kappa shape index (κ1) is 15.3. The zero-order chi connectivity index (χ0) is 16.7. The third-order valence-corrected chi connectivity index (χ3v) is 3.82. The Kier molecular flexibility index (Phi) is 3.67. The molecule has 3 atom stereocenters. The highest BCUT2D eigenvalue weighted by Gasteiger charge is 2.39. The average molecular weight is 320 g/mol. The third-order valence-electron chi connectivity index (χ3n) is 3.82. The molecule has 0 bridgehead atoms. The summed E-state index contributed by atoms with van der Waals surface area (Å²) < 4.78 is 10.7. The molecule has 7 heteroatoms. The second-order valence-electron chi connectivity index (χ2n) is 5.28. The van der Waals surface area contributed by atoms with E-state index in [1.165, 1.54) is 31.4 Å². The topological polar surface area (TPSA) is 120 Å². The molecule has 2 aromatic rings. The van der Waals surface area contributed by atoms with E-state index in [9.17, 15) is 25.5 Å². The summed E-state index contributed by atoms with van der Waals surface area (Å²) in [5.41, 5.74) is 0.469. The molecule has 1 aliphatic heterocycles. The van der Waals surface area contributed by atoms with Crippen LogP contribution in [0.3, 0.4) is 0 Å². The molecule has 0 aromatic heterocycles. The Hall–Kier alpha value is -2.64. The normalized spacial score (nSPS) is 23.0. The van der Waals surface area contributed by atoms with Gasteiger partial charge in [-0.15, -0.1) is 0 Å². The molecule has 23 heavy (non-hydrogen) atoms. The van der Waals surface area contributed by atoms with Crippen molar-refractivity contribution in [1.29, 1.82) is 0 Å². The molecule has 0 radical (unpaired) electrons. The van der Waals surface area contributed by atoms with E-state index in [1.807, 2.05) is 0 Å². The standard InChI is InChI=1S/C16H16O7/c1-22-11-4-7(2-3-9(11)18)16-15(21)14(20)13-10(19)5-8(17)6-12(13)23-16/h2-6,14-21H,1H3. The number of rotatable bonds is 2. The van der Waals surface area contributed by atoms with Crippen LogP contribution in [0.4, 0.5) is 0 Å². The number of aromatic hydroxyl groups is 3. The number of phenolic OH excluding ortho intramolecular Hbond substituents is 3. The number of benzene rings is 2. The second kappa shape index (κ2) is 5.53. The molecule has 1 heterocycles. The van der Waals surface area contributed by atoms with Gasteiger partial charge in [-0.2, -0.15) is 0 Å². The van der Waals surface area contributed by atoms with Crippen molar-refractivity contribution in [1.82, 2.24) is 0 Å². The number of methoxy groups -OCH3 is 1. The molecular formula is C16H16O7. The third kappa shape index (κ3) is 2.49. The Labute approximate surface area is 131 Å². The van der Waals surface area contributed by atoms with Crippen LogP contribution in [0.15, 0.2) is 30.3 Å². The molecular weight excluding hydrogens is 304 g/mol. The maximum atomic E-state index is 10.3. The highest BCUT2D eigenvalue weighted by Crippen LogP contribution is 2.47. The molecule has 7 nitrogen and oxygen atoms in total. The van der Waals surface area contributed by atoms with Gasteiger partial charge in [-0.1, -0.05) is 6.07 Å². The Morgan fingerprint density at radius 3 is 2.43 bits per heavy atom. The molecule has 5 N–H and O–H groups in total. The van der Waals surface area contributed by atoms with Gasteiger partial charge in [0.1, 0.15) is 29.5 Å². The highest BCUT2D eigenvalue weighted by atomic mass is 16.5. The van der Waals surface area contributed by atoms with Crippen molar-refractivity contribution in [2.45, 2.75) is 18.3 Å². The van der Waals surface area contributed by atoms with E-state index in [-0.39, 0.29) is 34.3 Å². The van der Waals surface area contributed by atoms with Crippen LogP contribution in [0.2, 0.25) is 0 Å². The van der Waals surface area contributed by atoms with E-state index in [1.54, 1.807) is 0 Å². The molecule has 0 amide bonds. The predicted molar refractivity (Wildman–Crippen MR) is 78.8 cm³/mol. The fourth-order valence-corrected chi connectivity index (χ4v) is 2.67. The summed E-state index contributed by atoms with van der Waals surface area (Å²) in [6.45, 7) is 0. The number of aliphatic hydroxyl groups excluding tert-OH is 2. The highest BCUT2D eigenvalue weighted by molar-refractivity contribution is 5.53. The molecule has 1 aliphatic rings. The van der Waals surface area contributed by atoms with Crippen LogP contribution in [0.1, 0.15) is 23.3 Å². The lowest BCUT2D eigenvalue weighted by atomic mass is 9.91. The second-order valence-corrected chi connectivity index (χ2v) is 5.28. The Balaban J connectivity index is 2.05. The van der Waals surface area contributed by atoms with Crippen LogP contribution in [-0.2, 0) is 0 Å². The zero-order valence-corrected chi connectivity index (χ0v) is 12.2. The van der Waals surface area contributed by atoms with Crippen LogP contribution in [0.5, 0.6) is 28.7 Å². The molecule has 3 unspecified atom stereocenters. The average Bonchev–Trinajstić information content (AvgIpc) is 2.50. The van der Waals surface area contributed by atoms with Crippen molar-refractivity contribution in [2.24, 2.45) is 0 Å². The molecule has 0 aliphatic carbocycles. The minimum absolute atomic E-state index is 0.0114. The van der Waals surface area contributed by atoms with Crippen LogP contribution in [0, 0.1) is 0 Å². The number of fused-ring (bicyclic) bond motifs is 1. The van der Waals surface area contributed by atoms with Gasteiger partial charge in [0.05, 0.1) is 12.7 Å². The minimum Gasteiger partial charge on any atom is -0.508 e. The summed E-state index contributed by atoms with van der Waals surface area (Å²) in [7, 11) is 1.39. The Morgan fingerprint density at radius 1 is 1.00 bits per heavy atom. The lowest BCUT2D eigenvalue weighted by Gasteiger charge is -2.35. The van der Waals surface area contributed by atoms with E-state index in [0.717, 1.165) is 6.07 Å². The van der Waals surface area contributed by atoms with Gasteiger partial charge in [-0.3, -0.25) is 0 Å². The van der Waals surface area contributed by atoms with Gasteiger partial charge >= 0.3 is 0 Å². The molecule has 0 spiro atoms. The molecule has 0 saturated heterocycles. The minimum atomic E-state index is -1.40. The SMILES string of the molecule is COc1cc(C2Oc3cc(O)cc(O)c3C(O)C2O)ccc1O. The van der Waals surface area contributed by atoms with E-state index in [0.29, 0.717) is 5.56 Å². The van der Waals surface area contributed by atoms with Crippen molar-refractivity contribution in [3.05, 3.63) is 41.5 Å². The quantitative estimate of drug-likeness (QED) is 0.566. The smallest absolute Gasteiger partial charge is 0.160 e. The lowest BCUT2D eigenvalue weighted by Crippen LogP contribution is -2.34. The molecule has 0 fully saturated rings. The van der Waals surface area contributed by atoms with Gasteiger partial charge in [0.15, 0.2) is 17.6 Å². The summed E-state index contributed by atoms with van der Waals surface area (Å²) in [5, 5.41) is 49.6. The van der Waals surface area contributed by atoms with Gasteiger partial charge in [0, 0.05) is 12.1 Å². The monoisotopic (exact) mass is 320 g/mol. The molecule has 122 valence electrons. The Bertz CT molecular complexity index is 743.